The van der Waals surface area contributed by atoms with Crippen molar-refractivity contribution in [3.63, 3.8) is 0 Å². The van der Waals surface area contributed by atoms with Crippen LogP contribution in [0, 0.1) is 0 Å². The molecule has 0 aliphatic carbocycles. The van der Waals surface area contributed by atoms with Crippen LogP contribution < -0.4 is 10.5 Å². The lowest BCUT2D eigenvalue weighted by molar-refractivity contribution is 0.112. The lowest BCUT2D eigenvalue weighted by Crippen LogP contribution is -1.96. The number of carbonyl (C=O) groups excluding carboxylic acids is 1. The number of rotatable bonds is 5. The highest BCUT2D eigenvalue weighted by Crippen LogP contribution is 2.31. The lowest BCUT2D eigenvalue weighted by Gasteiger charge is -2.10. The van der Waals surface area contributed by atoms with Crippen LogP contribution in [-0.4, -0.2) is 12.8 Å². The van der Waals surface area contributed by atoms with Gasteiger partial charge < -0.3 is 5.32 Å². The van der Waals surface area contributed by atoms with Gasteiger partial charge >= 0.3 is 0 Å². The van der Waals surface area contributed by atoms with E-state index in [1.54, 1.807) is 6.07 Å². The Balaban J connectivity index is 2.43. The molecule has 2 aromatic rings. The Morgan fingerprint density at radius 1 is 1.21 bits per heavy atom. The topological polar surface area (TPSA) is 55.1 Å². The van der Waals surface area contributed by atoms with Crippen molar-refractivity contribution in [1.29, 1.82) is 0 Å². The predicted octanol–water partition coefficient (Wildman–Crippen LogP) is 3.56. The molecule has 19 heavy (non-hydrogen) atoms. The van der Waals surface area contributed by atoms with Crippen molar-refractivity contribution in [2.75, 3.05) is 11.9 Å². The molecule has 0 saturated carbocycles. The minimum Gasteiger partial charge on any atom is -0.385 e. The number of aldehydes is 1. The van der Waals surface area contributed by atoms with Crippen molar-refractivity contribution in [2.24, 2.45) is 5.14 Å². The van der Waals surface area contributed by atoms with Gasteiger partial charge in [0.05, 0.1) is 0 Å². The zero-order valence-corrected chi connectivity index (χ0v) is 11.5. The maximum absolute atomic E-state index is 11.0. The molecule has 0 saturated heterocycles. The molecule has 98 valence electrons. The first-order valence-corrected chi connectivity index (χ1v) is 6.97. The lowest BCUT2D eigenvalue weighted by atomic mass is 10.0. The highest BCUT2D eigenvalue weighted by atomic mass is 32.2. The molecule has 0 atom stereocenters. The van der Waals surface area contributed by atoms with Gasteiger partial charge in [0.2, 0.25) is 0 Å². The van der Waals surface area contributed by atoms with Crippen LogP contribution in [0.1, 0.15) is 17.3 Å². The van der Waals surface area contributed by atoms with Gasteiger partial charge in [0.15, 0.2) is 6.29 Å². The highest BCUT2D eigenvalue weighted by Gasteiger charge is 2.09. The summed E-state index contributed by atoms with van der Waals surface area (Å²) in [6.07, 6.45) is 0.839. The number of benzene rings is 2. The van der Waals surface area contributed by atoms with Crippen LogP contribution in [0.25, 0.3) is 11.1 Å². The van der Waals surface area contributed by atoms with Gasteiger partial charge in [0.25, 0.3) is 0 Å². The largest absolute Gasteiger partial charge is 0.385 e. The molecule has 2 aromatic carbocycles. The zero-order chi connectivity index (χ0) is 13.7. The number of nitrogens with two attached hydrogens (primary N) is 1. The quantitative estimate of drug-likeness (QED) is 0.645. The Morgan fingerprint density at radius 3 is 2.53 bits per heavy atom. The average Bonchev–Trinajstić information content (AvgIpc) is 2.47. The maximum atomic E-state index is 11.0. The molecule has 0 spiro atoms. The van der Waals surface area contributed by atoms with Crippen molar-refractivity contribution in [1.82, 2.24) is 0 Å². The average molecular weight is 272 g/mol. The minimum atomic E-state index is 0.626. The van der Waals surface area contributed by atoms with Crippen LogP contribution in [0.3, 0.4) is 0 Å². The van der Waals surface area contributed by atoms with E-state index >= 15 is 0 Å². The number of carbonyl (C=O) groups is 1. The molecular weight excluding hydrogens is 256 g/mol. The van der Waals surface area contributed by atoms with Crippen LogP contribution in [0.4, 0.5) is 5.69 Å². The van der Waals surface area contributed by atoms with Crippen molar-refractivity contribution in [3.05, 3.63) is 48.0 Å². The van der Waals surface area contributed by atoms with Gasteiger partial charge in [0, 0.05) is 22.7 Å². The molecule has 0 heterocycles. The van der Waals surface area contributed by atoms with E-state index in [4.69, 9.17) is 5.14 Å². The standard InChI is InChI=1S/C15H16N2OS/c1-2-17-13-8-6-11(7-9-13)14-5-3-4-12(10-18)15(14)19-16/h3-10,17H,2,16H2,1H3. The summed E-state index contributed by atoms with van der Waals surface area (Å²) in [7, 11) is 0. The third-order valence-corrected chi connectivity index (χ3v) is 3.56. The van der Waals surface area contributed by atoms with E-state index in [0.717, 1.165) is 46.5 Å². The molecule has 4 heteroatoms. The summed E-state index contributed by atoms with van der Waals surface area (Å²) in [6.45, 7) is 2.95. The van der Waals surface area contributed by atoms with Gasteiger partial charge in [-0.05, 0) is 42.1 Å². The van der Waals surface area contributed by atoms with Gasteiger partial charge in [-0.2, -0.15) is 0 Å². The normalized spacial score (nSPS) is 10.2. The molecule has 0 bridgehead atoms. The summed E-state index contributed by atoms with van der Waals surface area (Å²) >= 11 is 1.11. The van der Waals surface area contributed by atoms with Gasteiger partial charge in [-0.15, -0.1) is 0 Å². The van der Waals surface area contributed by atoms with Crippen LogP contribution in [0.5, 0.6) is 0 Å². The van der Waals surface area contributed by atoms with E-state index < -0.39 is 0 Å². The second-order valence-corrected chi connectivity index (χ2v) is 4.71. The Morgan fingerprint density at radius 2 is 1.95 bits per heavy atom. The number of nitrogens with one attached hydrogen (secondary N) is 1. The van der Waals surface area contributed by atoms with E-state index in [9.17, 15) is 4.79 Å². The summed E-state index contributed by atoms with van der Waals surface area (Å²) in [5.74, 6) is 0. The highest BCUT2D eigenvalue weighted by molar-refractivity contribution is 7.97. The van der Waals surface area contributed by atoms with E-state index in [-0.39, 0.29) is 0 Å². The SMILES string of the molecule is CCNc1ccc(-c2cccc(C=O)c2SN)cc1. The summed E-state index contributed by atoms with van der Waals surface area (Å²) in [6, 6.07) is 13.7. The zero-order valence-electron chi connectivity index (χ0n) is 10.7. The molecular formula is C15H16N2OS. The van der Waals surface area contributed by atoms with Crippen LogP contribution in [-0.2, 0) is 0 Å². The fourth-order valence-corrected chi connectivity index (χ4v) is 2.54. The summed E-state index contributed by atoms with van der Waals surface area (Å²) in [5, 5.41) is 8.94. The smallest absolute Gasteiger partial charge is 0.151 e. The third-order valence-electron chi connectivity index (χ3n) is 2.87. The first-order valence-electron chi connectivity index (χ1n) is 6.09. The third kappa shape index (κ3) is 2.97. The van der Waals surface area contributed by atoms with E-state index in [2.05, 4.69) is 12.2 Å². The van der Waals surface area contributed by atoms with Gasteiger partial charge in [-0.1, -0.05) is 30.3 Å². The minimum absolute atomic E-state index is 0.626. The Kier molecular flexibility index (Phi) is 4.60. The molecule has 0 unspecified atom stereocenters. The molecule has 0 radical (unpaired) electrons. The molecule has 0 aliphatic rings. The Labute approximate surface area is 117 Å². The molecule has 0 fully saturated rings. The van der Waals surface area contributed by atoms with Gasteiger partial charge in [-0.3, -0.25) is 9.93 Å². The summed E-state index contributed by atoms with van der Waals surface area (Å²) in [4.78, 5) is 11.8. The van der Waals surface area contributed by atoms with Gasteiger partial charge in [0.1, 0.15) is 0 Å². The van der Waals surface area contributed by atoms with E-state index in [0.29, 0.717) is 5.56 Å². The Bertz CT molecular complexity index is 567. The number of anilines is 1. The Hall–Kier alpha value is -1.78. The number of hydrogen-bond donors (Lipinski definition) is 2. The second-order valence-electron chi connectivity index (χ2n) is 4.07. The molecule has 0 aromatic heterocycles. The first-order chi connectivity index (χ1) is 9.30. The van der Waals surface area contributed by atoms with Crippen LogP contribution >= 0.6 is 11.9 Å². The number of hydrogen-bond acceptors (Lipinski definition) is 4. The van der Waals surface area contributed by atoms with Crippen molar-refractivity contribution in [2.45, 2.75) is 11.8 Å². The van der Waals surface area contributed by atoms with Crippen molar-refractivity contribution in [3.8, 4) is 11.1 Å². The summed E-state index contributed by atoms with van der Waals surface area (Å²) in [5.41, 5.74) is 3.75. The first kappa shape index (κ1) is 13.6. The van der Waals surface area contributed by atoms with Crippen LogP contribution in [0.2, 0.25) is 0 Å². The fraction of sp³-hybridized carbons (Fsp3) is 0.133. The van der Waals surface area contributed by atoms with E-state index in [1.165, 1.54) is 0 Å². The van der Waals surface area contributed by atoms with Crippen molar-refractivity contribution >= 4 is 23.9 Å². The van der Waals surface area contributed by atoms with E-state index in [1.807, 2.05) is 36.4 Å². The molecule has 2 rings (SSSR count). The fourth-order valence-electron chi connectivity index (χ4n) is 1.98. The van der Waals surface area contributed by atoms with Crippen LogP contribution in [0.15, 0.2) is 47.4 Å². The molecule has 0 aliphatic heterocycles. The molecule has 0 amide bonds. The maximum Gasteiger partial charge on any atom is 0.151 e. The molecule has 3 N–H and O–H groups in total. The summed E-state index contributed by atoms with van der Waals surface area (Å²) < 4.78 is 0. The van der Waals surface area contributed by atoms with Gasteiger partial charge in [-0.25, -0.2) is 0 Å². The predicted molar refractivity (Wildman–Crippen MR) is 81.5 cm³/mol. The monoisotopic (exact) mass is 272 g/mol. The second kappa shape index (κ2) is 6.41. The van der Waals surface area contributed by atoms with Crippen molar-refractivity contribution < 1.29 is 4.79 Å². The molecule has 3 nitrogen and oxygen atoms in total.